The Labute approximate surface area is 122 Å². The minimum atomic E-state index is -0.488. The molecular weight excluding hydrogens is 282 g/mol. The third-order valence-electron chi connectivity index (χ3n) is 2.39. The van der Waals surface area contributed by atoms with Gasteiger partial charge < -0.3 is 10.6 Å². The highest BCUT2D eigenvalue weighted by molar-refractivity contribution is 6.31. The highest BCUT2D eigenvalue weighted by Crippen LogP contribution is 2.25. The summed E-state index contributed by atoms with van der Waals surface area (Å²) in [5, 5.41) is 16.9. The van der Waals surface area contributed by atoms with Crippen LogP contribution in [0.25, 0.3) is 0 Å². The molecule has 0 atom stereocenters. The Morgan fingerprint density at radius 2 is 2.05 bits per heavy atom. The van der Waals surface area contributed by atoms with E-state index in [1.165, 1.54) is 12.1 Å². The number of benzene rings is 1. The number of carbonyl (C=O) groups excluding carboxylic acids is 1. The molecule has 0 heterocycles. The van der Waals surface area contributed by atoms with E-state index in [1.807, 2.05) is 20.8 Å². The van der Waals surface area contributed by atoms with Crippen molar-refractivity contribution < 1.29 is 9.72 Å². The molecule has 0 radical (unpaired) electrons. The number of amides is 1. The average molecular weight is 300 g/mol. The van der Waals surface area contributed by atoms with Gasteiger partial charge in [-0.3, -0.25) is 14.9 Å². The van der Waals surface area contributed by atoms with Crippen LogP contribution in [0.4, 0.5) is 5.69 Å². The maximum atomic E-state index is 11.6. The number of nitro groups is 1. The van der Waals surface area contributed by atoms with E-state index in [4.69, 9.17) is 11.6 Å². The molecule has 0 unspecified atom stereocenters. The summed E-state index contributed by atoms with van der Waals surface area (Å²) in [6.07, 6.45) is 0. The maximum Gasteiger partial charge on any atom is 0.275 e. The molecule has 0 bridgehead atoms. The van der Waals surface area contributed by atoms with Crippen molar-refractivity contribution in [3.63, 3.8) is 0 Å². The lowest BCUT2D eigenvalue weighted by atomic mass is 10.1. The molecule has 6 nitrogen and oxygen atoms in total. The van der Waals surface area contributed by atoms with Crippen LogP contribution in [0.5, 0.6) is 0 Å². The number of carbonyl (C=O) groups is 1. The summed E-state index contributed by atoms with van der Waals surface area (Å²) >= 11 is 5.95. The van der Waals surface area contributed by atoms with Crippen LogP contribution in [0.1, 0.15) is 26.3 Å². The standard InChI is InChI=1S/C13H18ClN3O3/c1-13(2,3)16-12(18)8-15-7-9-10(14)5-4-6-11(9)17(19)20/h4-6,15H,7-8H2,1-3H3,(H,16,18). The predicted octanol–water partition coefficient (Wildman–Crippen LogP) is 2.25. The van der Waals surface area contributed by atoms with E-state index >= 15 is 0 Å². The Morgan fingerprint density at radius 1 is 1.40 bits per heavy atom. The molecule has 1 rings (SSSR count). The quantitative estimate of drug-likeness (QED) is 0.645. The van der Waals surface area contributed by atoms with E-state index in [1.54, 1.807) is 6.07 Å². The molecule has 1 aromatic carbocycles. The first-order valence-corrected chi connectivity index (χ1v) is 6.52. The van der Waals surface area contributed by atoms with Crippen LogP contribution < -0.4 is 10.6 Å². The zero-order valence-electron chi connectivity index (χ0n) is 11.7. The van der Waals surface area contributed by atoms with Crippen LogP contribution in [0.3, 0.4) is 0 Å². The lowest BCUT2D eigenvalue weighted by Gasteiger charge is -2.20. The van der Waals surface area contributed by atoms with Gasteiger partial charge in [0.2, 0.25) is 5.91 Å². The van der Waals surface area contributed by atoms with Crippen molar-refractivity contribution in [3.05, 3.63) is 38.9 Å². The number of nitro benzene ring substituents is 1. The predicted molar refractivity (Wildman–Crippen MR) is 77.7 cm³/mol. The van der Waals surface area contributed by atoms with Crippen LogP contribution >= 0.6 is 11.6 Å². The van der Waals surface area contributed by atoms with Gasteiger partial charge >= 0.3 is 0 Å². The normalized spacial score (nSPS) is 11.2. The average Bonchev–Trinajstić information content (AvgIpc) is 2.28. The highest BCUT2D eigenvalue weighted by Gasteiger charge is 2.17. The van der Waals surface area contributed by atoms with E-state index in [2.05, 4.69) is 10.6 Å². The summed E-state index contributed by atoms with van der Waals surface area (Å²) in [5.41, 5.74) is 0.0127. The number of rotatable bonds is 5. The SMILES string of the molecule is CC(C)(C)NC(=O)CNCc1c(Cl)cccc1[N+](=O)[O-]. The third kappa shape index (κ3) is 5.14. The van der Waals surface area contributed by atoms with E-state index in [0.717, 1.165) is 0 Å². The fourth-order valence-electron chi connectivity index (χ4n) is 1.66. The first-order valence-electron chi connectivity index (χ1n) is 6.14. The molecule has 0 aliphatic rings. The second-order valence-electron chi connectivity index (χ2n) is 5.40. The monoisotopic (exact) mass is 299 g/mol. The van der Waals surface area contributed by atoms with E-state index < -0.39 is 4.92 Å². The van der Waals surface area contributed by atoms with Gasteiger partial charge in [0.1, 0.15) is 0 Å². The highest BCUT2D eigenvalue weighted by atomic mass is 35.5. The summed E-state index contributed by atoms with van der Waals surface area (Å²) in [5.74, 6) is -0.174. The zero-order chi connectivity index (χ0) is 15.3. The lowest BCUT2D eigenvalue weighted by Crippen LogP contribution is -2.44. The Morgan fingerprint density at radius 3 is 2.60 bits per heavy atom. The molecule has 0 saturated heterocycles. The summed E-state index contributed by atoms with van der Waals surface area (Å²) in [7, 11) is 0. The Hall–Kier alpha value is -1.66. The molecule has 1 amide bonds. The lowest BCUT2D eigenvalue weighted by molar-refractivity contribution is -0.385. The first kappa shape index (κ1) is 16.4. The zero-order valence-corrected chi connectivity index (χ0v) is 12.5. The molecule has 7 heteroatoms. The number of halogens is 1. The Balaban J connectivity index is 2.63. The van der Waals surface area contributed by atoms with Crippen molar-refractivity contribution in [2.45, 2.75) is 32.9 Å². The van der Waals surface area contributed by atoms with Crippen molar-refractivity contribution in [3.8, 4) is 0 Å². The summed E-state index contributed by atoms with van der Waals surface area (Å²) in [6.45, 7) is 5.87. The molecule has 110 valence electrons. The topological polar surface area (TPSA) is 84.3 Å². The van der Waals surface area contributed by atoms with Gasteiger partial charge in [-0.25, -0.2) is 0 Å². The second kappa shape index (κ2) is 6.67. The third-order valence-corrected chi connectivity index (χ3v) is 2.75. The van der Waals surface area contributed by atoms with Gasteiger partial charge in [0, 0.05) is 18.2 Å². The first-order chi connectivity index (χ1) is 9.20. The van der Waals surface area contributed by atoms with Gasteiger partial charge in [-0.1, -0.05) is 17.7 Å². The van der Waals surface area contributed by atoms with Crippen molar-refractivity contribution in [1.29, 1.82) is 0 Å². The van der Waals surface area contributed by atoms with E-state index in [9.17, 15) is 14.9 Å². The smallest absolute Gasteiger partial charge is 0.275 e. The van der Waals surface area contributed by atoms with Crippen LogP contribution in [0, 0.1) is 10.1 Å². The van der Waals surface area contributed by atoms with Crippen LogP contribution in [-0.4, -0.2) is 22.9 Å². The minimum Gasteiger partial charge on any atom is -0.350 e. The van der Waals surface area contributed by atoms with Gasteiger partial charge in [-0.15, -0.1) is 0 Å². The van der Waals surface area contributed by atoms with Gasteiger partial charge in [-0.2, -0.15) is 0 Å². The molecule has 1 aromatic rings. The molecule has 0 fully saturated rings. The Bertz CT molecular complexity index is 512. The van der Waals surface area contributed by atoms with E-state index in [0.29, 0.717) is 10.6 Å². The molecule has 0 saturated carbocycles. The van der Waals surface area contributed by atoms with E-state index in [-0.39, 0.29) is 30.2 Å². The van der Waals surface area contributed by atoms with Crippen molar-refractivity contribution in [2.75, 3.05) is 6.54 Å². The van der Waals surface area contributed by atoms with Crippen LogP contribution in [-0.2, 0) is 11.3 Å². The van der Waals surface area contributed by atoms with Crippen molar-refractivity contribution in [1.82, 2.24) is 10.6 Å². The molecule has 0 aromatic heterocycles. The van der Waals surface area contributed by atoms with Crippen LogP contribution in [0.2, 0.25) is 5.02 Å². The summed E-state index contributed by atoms with van der Waals surface area (Å²) in [4.78, 5) is 22.0. The molecule has 20 heavy (non-hydrogen) atoms. The molecule has 0 spiro atoms. The van der Waals surface area contributed by atoms with Crippen molar-refractivity contribution in [2.24, 2.45) is 0 Å². The van der Waals surface area contributed by atoms with Gasteiger partial charge in [0.15, 0.2) is 0 Å². The maximum absolute atomic E-state index is 11.6. The van der Waals surface area contributed by atoms with Gasteiger partial charge in [-0.05, 0) is 26.8 Å². The molecule has 0 aliphatic heterocycles. The van der Waals surface area contributed by atoms with Gasteiger partial charge in [0.25, 0.3) is 5.69 Å². The largest absolute Gasteiger partial charge is 0.350 e. The Kier molecular flexibility index (Phi) is 5.47. The van der Waals surface area contributed by atoms with Crippen molar-refractivity contribution >= 4 is 23.2 Å². The molecular formula is C13H18ClN3O3. The fraction of sp³-hybridized carbons (Fsp3) is 0.462. The van der Waals surface area contributed by atoms with Gasteiger partial charge in [0.05, 0.1) is 22.1 Å². The summed E-state index contributed by atoms with van der Waals surface area (Å²) in [6, 6.07) is 4.50. The molecule has 2 N–H and O–H groups in total. The fourth-order valence-corrected chi connectivity index (χ4v) is 1.89. The number of nitrogens with zero attached hydrogens (tertiary/aromatic N) is 1. The number of hydrogen-bond acceptors (Lipinski definition) is 4. The molecule has 0 aliphatic carbocycles. The number of hydrogen-bond donors (Lipinski definition) is 2. The summed E-state index contributed by atoms with van der Waals surface area (Å²) < 4.78 is 0. The number of nitrogens with one attached hydrogen (secondary N) is 2. The minimum absolute atomic E-state index is 0.0544. The van der Waals surface area contributed by atoms with Crippen LogP contribution in [0.15, 0.2) is 18.2 Å². The second-order valence-corrected chi connectivity index (χ2v) is 5.80.